The average Bonchev–Trinajstić information content (AvgIpc) is 2.77. The summed E-state index contributed by atoms with van der Waals surface area (Å²) in [7, 11) is -3.22. The van der Waals surface area contributed by atoms with Gasteiger partial charge < -0.3 is 14.8 Å². The van der Waals surface area contributed by atoms with Gasteiger partial charge in [-0.1, -0.05) is 17.7 Å². The third kappa shape index (κ3) is 5.19. The smallest absolute Gasteiger partial charge is 0.287 e. The summed E-state index contributed by atoms with van der Waals surface area (Å²) < 4.78 is 36.8. The van der Waals surface area contributed by atoms with Crippen LogP contribution in [0.4, 0.5) is 5.69 Å². The molecule has 0 bridgehead atoms. The van der Waals surface area contributed by atoms with Crippen molar-refractivity contribution in [2.45, 2.75) is 43.1 Å². The second-order valence-corrected chi connectivity index (χ2v) is 10.6. The lowest BCUT2D eigenvalue weighted by atomic mass is 9.93. The van der Waals surface area contributed by atoms with E-state index < -0.39 is 15.1 Å². The summed E-state index contributed by atoms with van der Waals surface area (Å²) in [6, 6.07) is 5.49. The predicted octanol–water partition coefficient (Wildman–Crippen LogP) is 2.08. The fourth-order valence-corrected chi connectivity index (χ4v) is 5.42. The maximum atomic E-state index is 12.8. The third-order valence-electron chi connectivity index (χ3n) is 5.70. The monoisotopic (exact) mass is 468 g/mol. The molecule has 0 unspecified atom stereocenters. The molecule has 168 valence electrons. The van der Waals surface area contributed by atoms with Gasteiger partial charge in [-0.3, -0.25) is 4.79 Å². The van der Waals surface area contributed by atoms with E-state index in [1.807, 2.05) is 18.2 Å². The molecule has 1 N–H and O–H groups in total. The van der Waals surface area contributed by atoms with Crippen LogP contribution in [0.3, 0.4) is 0 Å². The number of sulfone groups is 1. The van der Waals surface area contributed by atoms with E-state index in [0.29, 0.717) is 11.6 Å². The van der Waals surface area contributed by atoms with Crippen molar-refractivity contribution in [3.05, 3.63) is 46.0 Å². The number of hydrogen-bond acceptors (Lipinski definition) is 8. The van der Waals surface area contributed by atoms with Gasteiger partial charge in [0, 0.05) is 18.8 Å². The highest BCUT2D eigenvalue weighted by Gasteiger charge is 2.30. The normalized spacial score (nSPS) is 25.6. The molecule has 3 heterocycles. The van der Waals surface area contributed by atoms with Crippen LogP contribution in [0.2, 0.25) is 5.02 Å². The van der Waals surface area contributed by atoms with E-state index in [1.54, 1.807) is 6.20 Å². The maximum absolute atomic E-state index is 12.8. The summed E-state index contributed by atoms with van der Waals surface area (Å²) in [6.07, 6.45) is 6.28. The number of hydrogen-bond donors (Lipinski definition) is 1. The number of ether oxygens (including phenoxy) is 2. The Hall–Kier alpha value is -2.17. The fourth-order valence-electron chi connectivity index (χ4n) is 3.89. The lowest BCUT2D eigenvalue weighted by Gasteiger charge is -2.29. The molecule has 2 aromatic rings. The molecule has 1 atom stereocenters. The van der Waals surface area contributed by atoms with E-state index in [4.69, 9.17) is 21.1 Å². The van der Waals surface area contributed by atoms with E-state index in [9.17, 15) is 13.2 Å². The fraction of sp³-hybridized carbons (Fsp3) is 0.550. The van der Waals surface area contributed by atoms with Gasteiger partial charge in [-0.15, -0.1) is 0 Å². The molecular weight excluding hydrogens is 444 g/mol. The molecule has 31 heavy (non-hydrogen) atoms. The summed E-state index contributed by atoms with van der Waals surface area (Å²) in [5.41, 5.74) is -0.0561. The van der Waals surface area contributed by atoms with Crippen molar-refractivity contribution in [2.75, 3.05) is 30.8 Å². The first kappa shape index (κ1) is 22.0. The Kier molecular flexibility index (Phi) is 6.78. The highest BCUT2D eigenvalue weighted by Crippen LogP contribution is 2.30. The van der Waals surface area contributed by atoms with Crippen molar-refractivity contribution >= 4 is 27.1 Å². The predicted molar refractivity (Wildman–Crippen MR) is 117 cm³/mol. The summed E-state index contributed by atoms with van der Waals surface area (Å²) in [4.78, 5) is 17.0. The van der Waals surface area contributed by atoms with Crippen LogP contribution in [0.5, 0.6) is 5.88 Å². The SMILES string of the molecule is O=c1c(Cl)c(NC[C@H]2COCCS2(=O)=O)cnn1[C@H]1CC[C@H](Oc2ccccn2)CC1. The van der Waals surface area contributed by atoms with Gasteiger partial charge in [0.2, 0.25) is 5.88 Å². The van der Waals surface area contributed by atoms with E-state index in [-0.39, 0.29) is 48.2 Å². The molecule has 2 aromatic heterocycles. The molecular formula is C20H25ClN4O5S. The molecule has 4 rings (SSSR count). The van der Waals surface area contributed by atoms with Crippen LogP contribution < -0.4 is 15.6 Å². The Bertz CT molecular complexity index is 1050. The van der Waals surface area contributed by atoms with Gasteiger partial charge in [-0.25, -0.2) is 18.1 Å². The zero-order chi connectivity index (χ0) is 21.8. The molecule has 0 spiro atoms. The molecule has 0 amide bonds. The van der Waals surface area contributed by atoms with Crippen molar-refractivity contribution < 1.29 is 17.9 Å². The topological polar surface area (TPSA) is 112 Å². The van der Waals surface area contributed by atoms with Gasteiger partial charge in [0.05, 0.1) is 36.9 Å². The summed E-state index contributed by atoms with van der Waals surface area (Å²) in [5, 5.41) is 6.58. The molecule has 0 aromatic carbocycles. The van der Waals surface area contributed by atoms with Gasteiger partial charge in [0.1, 0.15) is 16.4 Å². The maximum Gasteiger partial charge on any atom is 0.287 e. The van der Waals surface area contributed by atoms with Crippen molar-refractivity contribution in [3.63, 3.8) is 0 Å². The van der Waals surface area contributed by atoms with Gasteiger partial charge in [0.25, 0.3) is 5.56 Å². The van der Waals surface area contributed by atoms with Crippen LogP contribution in [0.1, 0.15) is 31.7 Å². The van der Waals surface area contributed by atoms with Gasteiger partial charge in [0.15, 0.2) is 9.84 Å². The summed E-state index contributed by atoms with van der Waals surface area (Å²) in [6.45, 7) is 0.455. The van der Waals surface area contributed by atoms with Gasteiger partial charge >= 0.3 is 0 Å². The minimum absolute atomic E-state index is 0.000350. The molecule has 2 aliphatic rings. The second kappa shape index (κ2) is 9.54. The molecule has 2 fully saturated rings. The minimum atomic E-state index is -3.22. The lowest BCUT2D eigenvalue weighted by Crippen LogP contribution is -2.41. The van der Waals surface area contributed by atoms with Gasteiger partial charge in [-0.2, -0.15) is 5.10 Å². The number of pyridine rings is 1. The Morgan fingerprint density at radius 3 is 2.77 bits per heavy atom. The average molecular weight is 469 g/mol. The standard InChI is InChI=1S/C20H25ClN4O5S/c21-19-17(23-11-16-13-29-9-10-31(16,27)28)12-24-25(20(19)26)14-4-6-15(7-5-14)30-18-3-1-2-8-22-18/h1-3,8,12,14-16,23H,4-7,9-11,13H2/t14-,15-,16-/m0/s1. The first-order valence-corrected chi connectivity index (χ1v) is 12.4. The number of halogens is 1. The van der Waals surface area contributed by atoms with Crippen LogP contribution in [-0.2, 0) is 14.6 Å². The number of nitrogens with zero attached hydrogens (tertiary/aromatic N) is 3. The van der Waals surface area contributed by atoms with Crippen molar-refractivity contribution in [1.29, 1.82) is 0 Å². The molecule has 1 aliphatic heterocycles. The number of aromatic nitrogens is 3. The van der Waals surface area contributed by atoms with Crippen LogP contribution in [0.15, 0.2) is 35.4 Å². The molecule has 0 radical (unpaired) electrons. The Balaban J connectivity index is 1.37. The third-order valence-corrected chi connectivity index (χ3v) is 8.12. The largest absolute Gasteiger partial charge is 0.474 e. The lowest BCUT2D eigenvalue weighted by molar-refractivity contribution is 0.123. The summed E-state index contributed by atoms with van der Waals surface area (Å²) in [5.74, 6) is 0.602. The highest BCUT2D eigenvalue weighted by molar-refractivity contribution is 7.92. The van der Waals surface area contributed by atoms with Crippen LogP contribution in [0, 0.1) is 0 Å². The van der Waals surface area contributed by atoms with Crippen LogP contribution in [-0.4, -0.2) is 60.0 Å². The van der Waals surface area contributed by atoms with E-state index >= 15 is 0 Å². The van der Waals surface area contributed by atoms with Crippen LogP contribution >= 0.6 is 11.6 Å². The van der Waals surface area contributed by atoms with E-state index in [1.165, 1.54) is 10.9 Å². The number of anilines is 1. The quantitative estimate of drug-likeness (QED) is 0.685. The van der Waals surface area contributed by atoms with E-state index in [0.717, 1.165) is 25.7 Å². The molecule has 9 nitrogen and oxygen atoms in total. The molecule has 1 saturated carbocycles. The van der Waals surface area contributed by atoms with Crippen LogP contribution in [0.25, 0.3) is 0 Å². The Morgan fingerprint density at radius 1 is 1.26 bits per heavy atom. The number of nitrogens with one attached hydrogen (secondary N) is 1. The highest BCUT2D eigenvalue weighted by atomic mass is 35.5. The van der Waals surface area contributed by atoms with Gasteiger partial charge in [-0.05, 0) is 31.7 Å². The Labute approximate surface area is 185 Å². The Morgan fingerprint density at radius 2 is 2.06 bits per heavy atom. The van der Waals surface area contributed by atoms with E-state index in [2.05, 4.69) is 15.4 Å². The van der Waals surface area contributed by atoms with Crippen molar-refractivity contribution in [2.24, 2.45) is 0 Å². The second-order valence-electron chi connectivity index (χ2n) is 7.78. The van der Waals surface area contributed by atoms with Crippen molar-refractivity contribution in [3.8, 4) is 5.88 Å². The number of rotatable bonds is 6. The van der Waals surface area contributed by atoms with Crippen molar-refractivity contribution in [1.82, 2.24) is 14.8 Å². The molecule has 1 saturated heterocycles. The molecule has 1 aliphatic carbocycles. The first-order chi connectivity index (χ1) is 14.9. The summed E-state index contributed by atoms with van der Waals surface area (Å²) >= 11 is 6.29. The zero-order valence-corrected chi connectivity index (χ0v) is 18.5. The zero-order valence-electron chi connectivity index (χ0n) is 16.9. The minimum Gasteiger partial charge on any atom is -0.474 e. The molecule has 11 heteroatoms. The first-order valence-electron chi connectivity index (χ1n) is 10.3.